The lowest BCUT2D eigenvalue weighted by molar-refractivity contribution is 0.0697. The first-order valence-corrected chi connectivity index (χ1v) is 8.10. The molecular formula is C18H27NO2. The molecule has 116 valence electrons. The number of carbonyl (C=O) groups is 1. The quantitative estimate of drug-likeness (QED) is 0.795. The van der Waals surface area contributed by atoms with Crippen LogP contribution in [0.15, 0.2) is 24.3 Å². The predicted molar refractivity (Wildman–Crippen MR) is 85.4 cm³/mol. The normalized spacial score (nSPS) is 21.9. The van der Waals surface area contributed by atoms with Gasteiger partial charge in [0.1, 0.15) is 0 Å². The monoisotopic (exact) mass is 289 g/mol. The Labute approximate surface area is 127 Å². The van der Waals surface area contributed by atoms with E-state index in [0.717, 1.165) is 23.9 Å². The van der Waals surface area contributed by atoms with E-state index in [1.54, 1.807) is 12.1 Å². The summed E-state index contributed by atoms with van der Waals surface area (Å²) in [5.74, 6) is 0.836. The van der Waals surface area contributed by atoms with Crippen LogP contribution in [0.1, 0.15) is 61.9 Å². The molecule has 3 nitrogen and oxygen atoms in total. The Kier molecular flexibility index (Phi) is 5.80. The van der Waals surface area contributed by atoms with Crippen LogP contribution in [0.4, 0.5) is 0 Å². The Morgan fingerprint density at radius 2 is 2.00 bits per heavy atom. The Balaban J connectivity index is 1.72. The van der Waals surface area contributed by atoms with Crippen LogP contribution in [0.25, 0.3) is 0 Å². The van der Waals surface area contributed by atoms with E-state index in [4.69, 9.17) is 5.11 Å². The first-order chi connectivity index (χ1) is 10.0. The Hall–Kier alpha value is -1.35. The van der Waals surface area contributed by atoms with Gasteiger partial charge < -0.3 is 10.4 Å². The molecule has 0 aliphatic heterocycles. The molecule has 0 spiro atoms. The second kappa shape index (κ2) is 7.60. The topological polar surface area (TPSA) is 49.3 Å². The first kappa shape index (κ1) is 16.0. The third-order valence-corrected chi connectivity index (χ3v) is 4.49. The summed E-state index contributed by atoms with van der Waals surface area (Å²) in [6, 6.07) is 7.80. The van der Waals surface area contributed by atoms with E-state index >= 15 is 0 Å². The molecule has 1 aromatic carbocycles. The lowest BCUT2D eigenvalue weighted by Gasteiger charge is -2.14. The highest BCUT2D eigenvalue weighted by atomic mass is 16.4. The van der Waals surface area contributed by atoms with Gasteiger partial charge in [0.2, 0.25) is 0 Å². The van der Waals surface area contributed by atoms with Gasteiger partial charge in [0.25, 0.3) is 0 Å². The number of nitrogens with one attached hydrogen (secondary N) is 1. The highest BCUT2D eigenvalue weighted by Gasteiger charge is 2.23. The molecule has 0 radical (unpaired) electrons. The van der Waals surface area contributed by atoms with Crippen molar-refractivity contribution in [1.29, 1.82) is 0 Å². The zero-order valence-corrected chi connectivity index (χ0v) is 13.1. The van der Waals surface area contributed by atoms with Crippen molar-refractivity contribution in [3.8, 4) is 0 Å². The summed E-state index contributed by atoms with van der Waals surface area (Å²) in [6.07, 6.45) is 6.62. The van der Waals surface area contributed by atoms with Crippen LogP contribution < -0.4 is 5.32 Å². The minimum absolute atomic E-state index is 0.355. The Morgan fingerprint density at radius 1 is 1.29 bits per heavy atom. The van der Waals surface area contributed by atoms with Gasteiger partial charge in [0.05, 0.1) is 5.56 Å². The number of aromatic carboxylic acids is 1. The zero-order valence-electron chi connectivity index (χ0n) is 13.1. The number of hydrogen-bond acceptors (Lipinski definition) is 2. The van der Waals surface area contributed by atoms with Crippen LogP contribution in [-0.4, -0.2) is 17.1 Å². The lowest BCUT2D eigenvalue weighted by Crippen LogP contribution is -2.25. The number of benzene rings is 1. The second-order valence-electron chi connectivity index (χ2n) is 6.73. The molecule has 0 aromatic heterocycles. The van der Waals surface area contributed by atoms with Gasteiger partial charge in [0, 0.05) is 12.6 Å². The van der Waals surface area contributed by atoms with E-state index in [0.29, 0.717) is 11.6 Å². The van der Waals surface area contributed by atoms with Gasteiger partial charge in [-0.05, 0) is 48.8 Å². The average molecular weight is 289 g/mol. The molecule has 2 N–H and O–H groups in total. The number of rotatable bonds is 7. The van der Waals surface area contributed by atoms with Crippen LogP contribution in [0.5, 0.6) is 0 Å². The molecule has 0 heterocycles. The van der Waals surface area contributed by atoms with E-state index in [-0.39, 0.29) is 0 Å². The van der Waals surface area contributed by atoms with Gasteiger partial charge in [-0.15, -0.1) is 0 Å². The Morgan fingerprint density at radius 3 is 2.62 bits per heavy atom. The van der Waals surface area contributed by atoms with E-state index in [1.165, 1.54) is 32.1 Å². The molecule has 1 aromatic rings. The highest BCUT2D eigenvalue weighted by Crippen LogP contribution is 2.30. The molecule has 2 atom stereocenters. The van der Waals surface area contributed by atoms with E-state index in [9.17, 15) is 4.79 Å². The van der Waals surface area contributed by atoms with Gasteiger partial charge in [-0.3, -0.25) is 0 Å². The van der Waals surface area contributed by atoms with Gasteiger partial charge in [0.15, 0.2) is 0 Å². The van der Waals surface area contributed by atoms with Gasteiger partial charge in [-0.2, -0.15) is 0 Å². The number of carboxylic acid groups (broad SMARTS) is 1. The van der Waals surface area contributed by atoms with Crippen molar-refractivity contribution >= 4 is 5.97 Å². The molecule has 0 bridgehead atoms. The van der Waals surface area contributed by atoms with Gasteiger partial charge >= 0.3 is 5.97 Å². The van der Waals surface area contributed by atoms with Crippen LogP contribution >= 0.6 is 0 Å². The summed E-state index contributed by atoms with van der Waals surface area (Å²) in [5.41, 5.74) is 1.51. The van der Waals surface area contributed by atoms with Crippen molar-refractivity contribution in [3.63, 3.8) is 0 Å². The highest BCUT2D eigenvalue weighted by molar-refractivity contribution is 5.87. The Bertz CT molecular complexity index is 453. The summed E-state index contributed by atoms with van der Waals surface area (Å²) < 4.78 is 0. The van der Waals surface area contributed by atoms with Gasteiger partial charge in [-0.25, -0.2) is 4.79 Å². The SMILES string of the molecule is CC(C)CCC1CCC(NCc2ccc(C(=O)O)cc2)C1. The van der Waals surface area contributed by atoms with E-state index in [1.807, 2.05) is 12.1 Å². The largest absolute Gasteiger partial charge is 0.478 e. The van der Waals surface area contributed by atoms with Crippen molar-refractivity contribution in [2.75, 3.05) is 0 Å². The van der Waals surface area contributed by atoms with E-state index in [2.05, 4.69) is 19.2 Å². The fourth-order valence-corrected chi connectivity index (χ4v) is 3.12. The van der Waals surface area contributed by atoms with Crippen LogP contribution in [-0.2, 0) is 6.54 Å². The summed E-state index contributed by atoms with van der Waals surface area (Å²) >= 11 is 0. The van der Waals surface area contributed by atoms with Crippen molar-refractivity contribution in [1.82, 2.24) is 5.32 Å². The third kappa shape index (κ3) is 5.16. The molecule has 2 rings (SSSR count). The summed E-state index contributed by atoms with van der Waals surface area (Å²) in [6.45, 7) is 5.43. The molecule has 0 saturated heterocycles. The zero-order chi connectivity index (χ0) is 15.2. The van der Waals surface area contributed by atoms with Crippen molar-refractivity contribution in [2.24, 2.45) is 11.8 Å². The number of hydrogen-bond donors (Lipinski definition) is 2. The molecule has 3 heteroatoms. The molecule has 1 saturated carbocycles. The minimum atomic E-state index is -0.863. The maximum Gasteiger partial charge on any atom is 0.335 e. The van der Waals surface area contributed by atoms with Crippen molar-refractivity contribution in [2.45, 2.75) is 58.5 Å². The smallest absolute Gasteiger partial charge is 0.335 e. The fraction of sp³-hybridized carbons (Fsp3) is 0.611. The van der Waals surface area contributed by atoms with Crippen molar-refractivity contribution in [3.05, 3.63) is 35.4 Å². The first-order valence-electron chi connectivity index (χ1n) is 8.10. The molecule has 21 heavy (non-hydrogen) atoms. The molecule has 1 aliphatic carbocycles. The second-order valence-corrected chi connectivity index (χ2v) is 6.73. The fourth-order valence-electron chi connectivity index (χ4n) is 3.12. The van der Waals surface area contributed by atoms with E-state index < -0.39 is 5.97 Å². The maximum absolute atomic E-state index is 10.8. The molecular weight excluding hydrogens is 262 g/mol. The van der Waals surface area contributed by atoms with Gasteiger partial charge in [-0.1, -0.05) is 38.8 Å². The summed E-state index contributed by atoms with van der Waals surface area (Å²) in [4.78, 5) is 10.8. The molecule has 2 unspecified atom stereocenters. The average Bonchev–Trinajstić information content (AvgIpc) is 2.91. The third-order valence-electron chi connectivity index (χ3n) is 4.49. The van der Waals surface area contributed by atoms with Crippen molar-refractivity contribution < 1.29 is 9.90 Å². The molecule has 0 amide bonds. The predicted octanol–water partition coefficient (Wildman–Crippen LogP) is 4.08. The maximum atomic E-state index is 10.8. The minimum Gasteiger partial charge on any atom is -0.478 e. The lowest BCUT2D eigenvalue weighted by atomic mass is 9.96. The molecule has 1 fully saturated rings. The van der Waals surface area contributed by atoms with Crippen LogP contribution in [0, 0.1) is 11.8 Å². The molecule has 1 aliphatic rings. The van der Waals surface area contributed by atoms with Crippen LogP contribution in [0.3, 0.4) is 0 Å². The number of carboxylic acids is 1. The standard InChI is InChI=1S/C18H27NO2/c1-13(2)3-4-14-7-10-17(11-14)19-12-15-5-8-16(9-6-15)18(20)21/h5-6,8-9,13-14,17,19H,3-4,7,10-12H2,1-2H3,(H,20,21). The van der Waals surface area contributed by atoms with Crippen LogP contribution in [0.2, 0.25) is 0 Å². The summed E-state index contributed by atoms with van der Waals surface area (Å²) in [7, 11) is 0. The summed E-state index contributed by atoms with van der Waals surface area (Å²) in [5, 5.41) is 12.5.